The van der Waals surface area contributed by atoms with Crippen LogP contribution in [0, 0.1) is 11.8 Å². The average Bonchev–Trinajstić information content (AvgIpc) is 2.94. The molecule has 7 heteroatoms. The summed E-state index contributed by atoms with van der Waals surface area (Å²) in [4.78, 5) is 41.1. The Balaban J connectivity index is 1.43. The summed E-state index contributed by atoms with van der Waals surface area (Å²) in [5.41, 5.74) is 3.31. The van der Waals surface area contributed by atoms with Crippen molar-refractivity contribution in [1.29, 1.82) is 0 Å². The van der Waals surface area contributed by atoms with E-state index < -0.39 is 12.0 Å². The maximum atomic E-state index is 13.4. The average molecular weight is 519 g/mol. The van der Waals surface area contributed by atoms with E-state index in [9.17, 15) is 19.5 Å². The lowest BCUT2D eigenvalue weighted by Gasteiger charge is -2.36. The zero-order valence-electron chi connectivity index (χ0n) is 22.1. The Morgan fingerprint density at radius 2 is 1.76 bits per heavy atom. The van der Waals surface area contributed by atoms with E-state index in [2.05, 4.69) is 5.32 Å². The van der Waals surface area contributed by atoms with E-state index in [1.54, 1.807) is 11.8 Å². The smallest absolute Gasteiger partial charge is 0.309 e. The summed E-state index contributed by atoms with van der Waals surface area (Å²) >= 11 is 0. The van der Waals surface area contributed by atoms with Gasteiger partial charge >= 0.3 is 5.97 Å². The normalized spacial score (nSPS) is 24.7. The van der Waals surface area contributed by atoms with Gasteiger partial charge in [-0.05, 0) is 55.7 Å². The molecule has 2 aliphatic rings. The predicted molar refractivity (Wildman–Crippen MR) is 145 cm³/mol. The van der Waals surface area contributed by atoms with Crippen molar-refractivity contribution in [2.24, 2.45) is 11.8 Å². The van der Waals surface area contributed by atoms with E-state index in [0.717, 1.165) is 16.7 Å². The van der Waals surface area contributed by atoms with Crippen LogP contribution in [0.3, 0.4) is 0 Å². The molecular formula is C31H38N2O5. The fourth-order valence-electron chi connectivity index (χ4n) is 5.26. The molecule has 4 atom stereocenters. The van der Waals surface area contributed by atoms with Crippen molar-refractivity contribution < 1.29 is 24.2 Å². The van der Waals surface area contributed by atoms with Gasteiger partial charge in [0, 0.05) is 13.0 Å². The summed E-state index contributed by atoms with van der Waals surface area (Å²) in [6.45, 7) is 2.27. The molecule has 7 nitrogen and oxygen atoms in total. The Morgan fingerprint density at radius 3 is 2.53 bits per heavy atom. The van der Waals surface area contributed by atoms with Crippen LogP contribution >= 0.6 is 0 Å². The van der Waals surface area contributed by atoms with E-state index in [4.69, 9.17) is 4.74 Å². The van der Waals surface area contributed by atoms with Crippen molar-refractivity contribution in [1.82, 2.24) is 10.2 Å². The first kappa shape index (κ1) is 27.6. The summed E-state index contributed by atoms with van der Waals surface area (Å²) in [5, 5.41) is 12.9. The number of aliphatic hydroxyl groups excluding tert-OH is 1. The van der Waals surface area contributed by atoms with Gasteiger partial charge in [-0.1, -0.05) is 66.7 Å². The molecule has 0 saturated heterocycles. The molecule has 4 unspecified atom stereocenters. The van der Waals surface area contributed by atoms with E-state index >= 15 is 0 Å². The van der Waals surface area contributed by atoms with Crippen LogP contribution in [0.15, 0.2) is 66.7 Å². The van der Waals surface area contributed by atoms with Crippen LogP contribution in [0.25, 0.3) is 0 Å². The van der Waals surface area contributed by atoms with Gasteiger partial charge in [0.05, 0.1) is 31.0 Å². The number of nitrogens with one attached hydrogen (secondary N) is 1. The Bertz CT molecular complexity index is 1130. The fraction of sp³-hybridized carbons (Fsp3) is 0.452. The quantitative estimate of drug-likeness (QED) is 0.466. The number of benzene rings is 2. The Kier molecular flexibility index (Phi) is 9.71. The van der Waals surface area contributed by atoms with Crippen LogP contribution in [0.5, 0.6) is 0 Å². The zero-order valence-corrected chi connectivity index (χ0v) is 22.1. The number of hydrogen-bond acceptors (Lipinski definition) is 5. The lowest BCUT2D eigenvalue weighted by Crippen LogP contribution is -2.47. The number of esters is 1. The van der Waals surface area contributed by atoms with Crippen LogP contribution in [0.2, 0.25) is 0 Å². The van der Waals surface area contributed by atoms with Crippen LogP contribution in [0.4, 0.5) is 0 Å². The van der Waals surface area contributed by atoms with E-state index in [-0.39, 0.29) is 49.3 Å². The Labute approximate surface area is 224 Å². The summed E-state index contributed by atoms with van der Waals surface area (Å²) in [6, 6.07) is 17.6. The minimum absolute atomic E-state index is 0.0552. The van der Waals surface area contributed by atoms with Crippen LogP contribution < -0.4 is 5.32 Å². The topological polar surface area (TPSA) is 95.9 Å². The van der Waals surface area contributed by atoms with Gasteiger partial charge < -0.3 is 20.1 Å². The highest BCUT2D eigenvalue weighted by molar-refractivity contribution is 5.86. The molecule has 0 spiro atoms. The van der Waals surface area contributed by atoms with Crippen LogP contribution in [-0.2, 0) is 38.5 Å². The highest BCUT2D eigenvalue weighted by Gasteiger charge is 2.32. The standard InChI is InChI=1S/C31H38N2O5/c1-22-19-32-30(36)25(18-29(35)33-20-27-15-9-8-12-24(27)17-28(33)21-34)13-6-3-7-14-26(31(37)38-22)16-23-10-4-2-5-11-23/h2-6,8-12,15,22,25-26,28,34H,7,13-14,16-21H2,1H3,(H,32,36). The molecule has 202 valence electrons. The first-order chi connectivity index (χ1) is 18.4. The highest BCUT2D eigenvalue weighted by atomic mass is 16.5. The summed E-state index contributed by atoms with van der Waals surface area (Å²) < 4.78 is 5.69. The molecule has 0 saturated carbocycles. The third-order valence-electron chi connectivity index (χ3n) is 7.49. The predicted octanol–water partition coefficient (Wildman–Crippen LogP) is 3.59. The number of allylic oxidation sites excluding steroid dienone is 2. The van der Waals surface area contributed by atoms with E-state index in [1.165, 1.54) is 0 Å². The molecule has 2 heterocycles. The van der Waals surface area contributed by atoms with Gasteiger partial charge in [0.25, 0.3) is 0 Å². The molecule has 0 fully saturated rings. The number of fused-ring (bicyclic) bond motifs is 1. The van der Waals surface area contributed by atoms with Gasteiger partial charge in [-0.15, -0.1) is 0 Å². The Hall–Kier alpha value is -3.45. The van der Waals surface area contributed by atoms with Gasteiger partial charge in [-0.3, -0.25) is 14.4 Å². The van der Waals surface area contributed by atoms with E-state index in [0.29, 0.717) is 38.6 Å². The lowest BCUT2D eigenvalue weighted by molar-refractivity contribution is -0.153. The second-order valence-electron chi connectivity index (χ2n) is 10.4. The number of cyclic esters (lactones) is 1. The van der Waals surface area contributed by atoms with Gasteiger partial charge in [0.2, 0.25) is 11.8 Å². The molecule has 2 N–H and O–H groups in total. The number of aliphatic hydroxyl groups is 1. The molecule has 0 aliphatic carbocycles. The number of carbonyl (C=O) groups excluding carboxylic acids is 3. The first-order valence-electron chi connectivity index (χ1n) is 13.6. The second kappa shape index (κ2) is 13.4. The van der Waals surface area contributed by atoms with Gasteiger partial charge in [-0.25, -0.2) is 0 Å². The second-order valence-corrected chi connectivity index (χ2v) is 10.4. The Morgan fingerprint density at radius 1 is 1.03 bits per heavy atom. The summed E-state index contributed by atoms with van der Waals surface area (Å²) in [7, 11) is 0. The van der Waals surface area contributed by atoms with Gasteiger partial charge in [-0.2, -0.15) is 0 Å². The van der Waals surface area contributed by atoms with Crippen LogP contribution in [-0.4, -0.2) is 53.1 Å². The number of hydrogen-bond donors (Lipinski definition) is 2. The van der Waals surface area contributed by atoms with Crippen LogP contribution in [0.1, 0.15) is 49.3 Å². The number of amides is 2. The molecule has 0 radical (unpaired) electrons. The largest absolute Gasteiger partial charge is 0.461 e. The monoisotopic (exact) mass is 518 g/mol. The van der Waals surface area contributed by atoms with Crippen molar-refractivity contribution in [3.63, 3.8) is 0 Å². The molecule has 2 aromatic rings. The van der Waals surface area contributed by atoms with Crippen molar-refractivity contribution >= 4 is 17.8 Å². The SMILES string of the molecule is CC1CNC(=O)C(CC(=O)N2Cc3ccccc3CC2CO)CC=CCCC(Cc2ccccc2)C(=O)O1. The third kappa shape index (κ3) is 7.32. The first-order valence-corrected chi connectivity index (χ1v) is 13.6. The molecule has 38 heavy (non-hydrogen) atoms. The maximum Gasteiger partial charge on any atom is 0.309 e. The fourth-order valence-corrected chi connectivity index (χ4v) is 5.26. The van der Waals surface area contributed by atoms with E-state index in [1.807, 2.05) is 66.7 Å². The number of rotatable bonds is 5. The number of ether oxygens (including phenoxy) is 1. The molecule has 2 aliphatic heterocycles. The third-order valence-corrected chi connectivity index (χ3v) is 7.49. The summed E-state index contributed by atoms with van der Waals surface area (Å²) in [5.74, 6) is -1.44. The molecule has 2 aromatic carbocycles. The van der Waals surface area contributed by atoms with Crippen molar-refractivity contribution in [3.05, 3.63) is 83.4 Å². The summed E-state index contributed by atoms with van der Waals surface area (Å²) in [6.07, 6.45) is 6.47. The zero-order chi connectivity index (χ0) is 26.9. The molecule has 0 bridgehead atoms. The highest BCUT2D eigenvalue weighted by Crippen LogP contribution is 2.26. The maximum absolute atomic E-state index is 13.4. The molecular weight excluding hydrogens is 480 g/mol. The van der Waals surface area contributed by atoms with Gasteiger partial charge in [0.1, 0.15) is 6.10 Å². The van der Waals surface area contributed by atoms with Crippen molar-refractivity contribution in [2.75, 3.05) is 13.2 Å². The van der Waals surface area contributed by atoms with Crippen molar-refractivity contribution in [2.45, 2.75) is 64.1 Å². The number of nitrogens with zero attached hydrogens (tertiary/aromatic N) is 1. The van der Waals surface area contributed by atoms with Gasteiger partial charge in [0.15, 0.2) is 0 Å². The van der Waals surface area contributed by atoms with Crippen molar-refractivity contribution in [3.8, 4) is 0 Å². The minimum Gasteiger partial charge on any atom is -0.461 e. The minimum atomic E-state index is -0.543. The molecule has 2 amide bonds. The lowest BCUT2D eigenvalue weighted by atomic mass is 9.92. The number of carbonyl (C=O) groups is 3. The molecule has 0 aromatic heterocycles. The molecule has 4 rings (SSSR count).